The van der Waals surface area contributed by atoms with Gasteiger partial charge >= 0.3 is 0 Å². The predicted molar refractivity (Wildman–Crippen MR) is 74.3 cm³/mol. The van der Waals surface area contributed by atoms with Gasteiger partial charge in [0.15, 0.2) is 0 Å². The quantitative estimate of drug-likeness (QED) is 0.573. The summed E-state index contributed by atoms with van der Waals surface area (Å²) in [5, 5.41) is 3.16. The zero-order valence-electron chi connectivity index (χ0n) is 10.3. The Kier molecular flexibility index (Phi) is 5.86. The lowest BCUT2D eigenvalue weighted by atomic mass is 10.2. The SMILES string of the molecule is CC(C)COCCNc1cccc(C(N)=S)n1. The molecule has 0 unspecified atom stereocenters. The van der Waals surface area contributed by atoms with E-state index >= 15 is 0 Å². The molecule has 0 spiro atoms. The van der Waals surface area contributed by atoms with Gasteiger partial charge in [-0.3, -0.25) is 0 Å². The lowest BCUT2D eigenvalue weighted by Gasteiger charge is -2.09. The summed E-state index contributed by atoms with van der Waals surface area (Å²) >= 11 is 4.87. The van der Waals surface area contributed by atoms with Crippen LogP contribution in [0.4, 0.5) is 5.82 Å². The van der Waals surface area contributed by atoms with Crippen molar-refractivity contribution in [1.82, 2.24) is 4.98 Å². The second kappa shape index (κ2) is 7.19. The number of hydrogen-bond acceptors (Lipinski definition) is 4. The fraction of sp³-hybridized carbons (Fsp3) is 0.500. The highest BCUT2D eigenvalue weighted by Gasteiger charge is 1.99. The van der Waals surface area contributed by atoms with E-state index in [2.05, 4.69) is 24.1 Å². The monoisotopic (exact) mass is 253 g/mol. The highest BCUT2D eigenvalue weighted by Crippen LogP contribution is 2.04. The first kappa shape index (κ1) is 13.9. The Morgan fingerprint density at radius 3 is 2.94 bits per heavy atom. The molecule has 0 saturated carbocycles. The molecule has 5 heteroatoms. The van der Waals surface area contributed by atoms with Gasteiger partial charge in [-0.05, 0) is 18.1 Å². The molecular formula is C12H19N3OS. The van der Waals surface area contributed by atoms with E-state index < -0.39 is 0 Å². The summed E-state index contributed by atoms with van der Waals surface area (Å²) in [4.78, 5) is 4.58. The Hall–Kier alpha value is -1.20. The molecule has 0 aliphatic carbocycles. The molecule has 1 heterocycles. The van der Waals surface area contributed by atoms with E-state index in [9.17, 15) is 0 Å². The third-order valence-electron chi connectivity index (χ3n) is 2.01. The van der Waals surface area contributed by atoms with E-state index in [-0.39, 0.29) is 0 Å². The second-order valence-electron chi connectivity index (χ2n) is 4.17. The molecule has 0 amide bonds. The van der Waals surface area contributed by atoms with Gasteiger partial charge in [-0.15, -0.1) is 0 Å². The van der Waals surface area contributed by atoms with Gasteiger partial charge in [-0.25, -0.2) is 4.98 Å². The summed E-state index contributed by atoms with van der Waals surface area (Å²) in [6.45, 7) is 6.42. The molecule has 0 aliphatic rings. The van der Waals surface area contributed by atoms with Crippen LogP contribution in [0.3, 0.4) is 0 Å². The van der Waals surface area contributed by atoms with Gasteiger partial charge in [0.2, 0.25) is 0 Å². The van der Waals surface area contributed by atoms with Crippen molar-refractivity contribution in [2.24, 2.45) is 11.7 Å². The van der Waals surface area contributed by atoms with Crippen molar-refractivity contribution in [3.8, 4) is 0 Å². The van der Waals surface area contributed by atoms with E-state index in [1.807, 2.05) is 12.1 Å². The minimum atomic E-state index is 0.310. The maximum Gasteiger partial charge on any atom is 0.126 e. The molecular weight excluding hydrogens is 234 g/mol. The average molecular weight is 253 g/mol. The summed E-state index contributed by atoms with van der Waals surface area (Å²) in [6.07, 6.45) is 0. The zero-order valence-corrected chi connectivity index (χ0v) is 11.1. The van der Waals surface area contributed by atoms with Crippen molar-refractivity contribution >= 4 is 23.0 Å². The minimum Gasteiger partial charge on any atom is -0.388 e. The normalized spacial score (nSPS) is 10.5. The first-order valence-electron chi connectivity index (χ1n) is 5.68. The van der Waals surface area contributed by atoms with E-state index in [0.29, 0.717) is 23.2 Å². The summed E-state index contributed by atoms with van der Waals surface area (Å²) in [7, 11) is 0. The van der Waals surface area contributed by atoms with E-state index in [0.717, 1.165) is 19.0 Å². The molecule has 1 rings (SSSR count). The van der Waals surface area contributed by atoms with Gasteiger partial charge < -0.3 is 15.8 Å². The Morgan fingerprint density at radius 2 is 2.29 bits per heavy atom. The van der Waals surface area contributed by atoms with Crippen molar-refractivity contribution in [3.63, 3.8) is 0 Å². The minimum absolute atomic E-state index is 0.310. The van der Waals surface area contributed by atoms with Crippen LogP contribution in [0, 0.1) is 5.92 Å². The van der Waals surface area contributed by atoms with Gasteiger partial charge in [0.05, 0.1) is 12.3 Å². The largest absolute Gasteiger partial charge is 0.388 e. The number of aromatic nitrogens is 1. The van der Waals surface area contributed by atoms with E-state index in [4.69, 9.17) is 22.7 Å². The lowest BCUT2D eigenvalue weighted by molar-refractivity contribution is 0.118. The zero-order chi connectivity index (χ0) is 12.7. The first-order valence-corrected chi connectivity index (χ1v) is 6.09. The van der Waals surface area contributed by atoms with Crippen LogP contribution in [0.1, 0.15) is 19.5 Å². The van der Waals surface area contributed by atoms with Crippen molar-refractivity contribution in [2.75, 3.05) is 25.1 Å². The van der Waals surface area contributed by atoms with Crippen LogP contribution in [0.5, 0.6) is 0 Å². The number of rotatable bonds is 7. The third kappa shape index (κ3) is 5.60. The van der Waals surface area contributed by atoms with Crippen molar-refractivity contribution in [1.29, 1.82) is 0 Å². The van der Waals surface area contributed by atoms with Crippen LogP contribution in [0.25, 0.3) is 0 Å². The lowest BCUT2D eigenvalue weighted by Crippen LogP contribution is -2.15. The third-order valence-corrected chi connectivity index (χ3v) is 2.21. The van der Waals surface area contributed by atoms with Crippen LogP contribution < -0.4 is 11.1 Å². The summed E-state index contributed by atoms with van der Waals surface area (Å²) in [6, 6.07) is 5.55. The van der Waals surface area contributed by atoms with Crippen LogP contribution in [-0.4, -0.2) is 29.7 Å². The van der Waals surface area contributed by atoms with Gasteiger partial charge in [-0.1, -0.05) is 32.1 Å². The molecule has 4 nitrogen and oxygen atoms in total. The molecule has 3 N–H and O–H groups in total. The highest BCUT2D eigenvalue weighted by molar-refractivity contribution is 7.80. The number of anilines is 1. The number of thiocarbonyl (C=S) groups is 1. The molecule has 0 fully saturated rings. The van der Waals surface area contributed by atoms with Crippen LogP contribution in [0.2, 0.25) is 0 Å². The molecule has 0 aromatic carbocycles. The number of nitrogens with two attached hydrogens (primary N) is 1. The topological polar surface area (TPSA) is 60.2 Å². The molecule has 0 aliphatic heterocycles. The maximum absolute atomic E-state index is 5.51. The summed E-state index contributed by atoms with van der Waals surface area (Å²) < 4.78 is 5.45. The molecule has 1 aromatic heterocycles. The molecule has 17 heavy (non-hydrogen) atoms. The summed E-state index contributed by atoms with van der Waals surface area (Å²) in [5.41, 5.74) is 6.14. The smallest absolute Gasteiger partial charge is 0.126 e. The Bertz CT molecular complexity index is 369. The van der Waals surface area contributed by atoms with Gasteiger partial charge in [0.25, 0.3) is 0 Å². The number of pyridine rings is 1. The maximum atomic E-state index is 5.51. The standard InChI is InChI=1S/C12H19N3OS/c1-9(2)8-16-7-6-14-11-5-3-4-10(15-11)12(13)17/h3-5,9H,6-8H2,1-2H3,(H2,13,17)(H,14,15). The fourth-order valence-electron chi connectivity index (χ4n) is 1.24. The Labute approximate surface area is 108 Å². The van der Waals surface area contributed by atoms with E-state index in [1.165, 1.54) is 0 Å². The first-order chi connectivity index (χ1) is 8.09. The van der Waals surface area contributed by atoms with E-state index in [1.54, 1.807) is 6.07 Å². The number of hydrogen-bond donors (Lipinski definition) is 2. The number of nitrogens with one attached hydrogen (secondary N) is 1. The van der Waals surface area contributed by atoms with Crippen LogP contribution in [0.15, 0.2) is 18.2 Å². The van der Waals surface area contributed by atoms with Gasteiger partial charge in [-0.2, -0.15) is 0 Å². The Balaban J connectivity index is 2.31. The van der Waals surface area contributed by atoms with Crippen molar-refractivity contribution in [3.05, 3.63) is 23.9 Å². The van der Waals surface area contributed by atoms with Gasteiger partial charge in [0.1, 0.15) is 10.8 Å². The fourth-order valence-corrected chi connectivity index (χ4v) is 1.35. The van der Waals surface area contributed by atoms with Crippen LogP contribution >= 0.6 is 12.2 Å². The predicted octanol–water partition coefficient (Wildman–Crippen LogP) is 1.80. The molecule has 94 valence electrons. The van der Waals surface area contributed by atoms with Gasteiger partial charge in [0, 0.05) is 13.2 Å². The number of ether oxygens (including phenoxy) is 1. The number of nitrogens with zero attached hydrogens (tertiary/aromatic N) is 1. The second-order valence-corrected chi connectivity index (χ2v) is 4.61. The molecule has 0 bridgehead atoms. The van der Waals surface area contributed by atoms with Crippen LogP contribution in [-0.2, 0) is 4.74 Å². The molecule has 0 atom stereocenters. The average Bonchev–Trinajstić information content (AvgIpc) is 2.28. The van der Waals surface area contributed by atoms with Crippen molar-refractivity contribution < 1.29 is 4.74 Å². The summed E-state index contributed by atoms with van der Waals surface area (Å²) in [5.74, 6) is 1.33. The highest BCUT2D eigenvalue weighted by atomic mass is 32.1. The molecule has 1 aromatic rings. The Morgan fingerprint density at radius 1 is 1.53 bits per heavy atom. The molecule has 0 radical (unpaired) electrons. The molecule has 0 saturated heterocycles. The van der Waals surface area contributed by atoms with Crippen molar-refractivity contribution in [2.45, 2.75) is 13.8 Å².